The third-order valence-electron chi connectivity index (χ3n) is 1.26. The van der Waals surface area contributed by atoms with Crippen LogP contribution in [0.25, 0.3) is 0 Å². The molecule has 13 heavy (non-hydrogen) atoms. The van der Waals surface area contributed by atoms with Gasteiger partial charge in [0.15, 0.2) is 5.82 Å². The van der Waals surface area contributed by atoms with Gasteiger partial charge in [0.1, 0.15) is 0 Å². The third-order valence-corrected chi connectivity index (χ3v) is 1.54. The Morgan fingerprint density at radius 2 is 2.46 bits per heavy atom. The Hall–Kier alpha value is -1.35. The van der Waals surface area contributed by atoms with Gasteiger partial charge >= 0.3 is 5.82 Å². The van der Waals surface area contributed by atoms with Crippen molar-refractivity contribution in [3.05, 3.63) is 21.6 Å². The van der Waals surface area contributed by atoms with Crippen LogP contribution in [0.2, 0.25) is 0 Å². The predicted octanol–water partition coefficient (Wildman–Crippen LogP) is 1.37. The number of aryl methyl sites for hydroxylation is 1. The fraction of sp³-hybridized carbons (Fsp3) is 0.286. The molecule has 0 bridgehead atoms. The van der Waals surface area contributed by atoms with Crippen LogP contribution in [0, 0.1) is 28.9 Å². The zero-order valence-electron chi connectivity index (χ0n) is 6.80. The number of halogens is 1. The van der Waals surface area contributed by atoms with Crippen molar-refractivity contribution in [3.8, 4) is 11.8 Å². The van der Waals surface area contributed by atoms with E-state index in [1.807, 2.05) is 0 Å². The van der Waals surface area contributed by atoms with E-state index in [-0.39, 0.29) is 11.5 Å². The highest BCUT2D eigenvalue weighted by molar-refractivity contribution is 9.09. The topological polar surface area (TPSA) is 71.8 Å². The SMILES string of the molecule is Cc1nc(C#CCBr)c([N+](=O)[O-])[nH]1. The van der Waals surface area contributed by atoms with Crippen molar-refractivity contribution in [2.75, 3.05) is 5.33 Å². The molecule has 68 valence electrons. The van der Waals surface area contributed by atoms with E-state index in [1.54, 1.807) is 6.92 Å². The van der Waals surface area contributed by atoms with Gasteiger partial charge in [-0.15, -0.1) is 0 Å². The Labute approximate surface area is 82.8 Å². The standard InChI is InChI=1S/C7H6BrN3O2/c1-5-9-6(3-2-4-8)7(10-5)11(12)13/h4H2,1H3,(H,9,10). The number of nitro groups is 1. The fourth-order valence-electron chi connectivity index (χ4n) is 0.816. The van der Waals surface area contributed by atoms with Crippen LogP contribution in [0.4, 0.5) is 5.82 Å². The zero-order valence-corrected chi connectivity index (χ0v) is 8.38. The molecule has 0 atom stereocenters. The highest BCUT2D eigenvalue weighted by Gasteiger charge is 2.15. The minimum atomic E-state index is -0.530. The van der Waals surface area contributed by atoms with Crippen molar-refractivity contribution in [2.45, 2.75) is 6.92 Å². The number of H-pyrrole nitrogens is 1. The largest absolute Gasteiger partial charge is 0.358 e. The number of rotatable bonds is 1. The molecule has 0 radical (unpaired) electrons. The Balaban J connectivity index is 3.12. The van der Waals surface area contributed by atoms with Gasteiger partial charge in [0.25, 0.3) is 0 Å². The number of hydrogen-bond donors (Lipinski definition) is 1. The van der Waals surface area contributed by atoms with E-state index in [9.17, 15) is 10.1 Å². The Bertz CT molecular complexity index is 388. The van der Waals surface area contributed by atoms with Crippen LogP contribution in [-0.4, -0.2) is 20.2 Å². The van der Waals surface area contributed by atoms with Crippen LogP contribution >= 0.6 is 15.9 Å². The van der Waals surface area contributed by atoms with Crippen LogP contribution < -0.4 is 0 Å². The first-order valence-corrected chi connectivity index (χ1v) is 4.53. The van der Waals surface area contributed by atoms with Gasteiger partial charge in [-0.2, -0.15) is 4.98 Å². The molecule has 0 aliphatic carbocycles. The van der Waals surface area contributed by atoms with E-state index in [0.29, 0.717) is 11.2 Å². The molecular formula is C7H6BrN3O2. The number of aromatic amines is 1. The van der Waals surface area contributed by atoms with Gasteiger partial charge < -0.3 is 10.1 Å². The Morgan fingerprint density at radius 1 is 1.77 bits per heavy atom. The van der Waals surface area contributed by atoms with Gasteiger partial charge in [0, 0.05) is 6.92 Å². The van der Waals surface area contributed by atoms with Crippen molar-refractivity contribution in [1.82, 2.24) is 9.97 Å². The quantitative estimate of drug-likeness (QED) is 0.351. The van der Waals surface area contributed by atoms with Crippen LogP contribution in [0.1, 0.15) is 11.5 Å². The molecule has 0 fully saturated rings. The first kappa shape index (κ1) is 9.74. The van der Waals surface area contributed by atoms with E-state index in [4.69, 9.17) is 0 Å². The van der Waals surface area contributed by atoms with Gasteiger partial charge in [-0.1, -0.05) is 21.9 Å². The average Bonchev–Trinajstić information content (AvgIpc) is 2.43. The monoisotopic (exact) mass is 243 g/mol. The number of hydrogen-bond acceptors (Lipinski definition) is 3. The number of imidazole rings is 1. The number of nitrogens with zero attached hydrogens (tertiary/aromatic N) is 2. The molecule has 5 nitrogen and oxygen atoms in total. The summed E-state index contributed by atoms with van der Waals surface area (Å²) in [5.74, 6) is 5.58. The lowest BCUT2D eigenvalue weighted by molar-refractivity contribution is -0.389. The first-order valence-electron chi connectivity index (χ1n) is 3.41. The summed E-state index contributed by atoms with van der Waals surface area (Å²) in [7, 11) is 0. The van der Waals surface area contributed by atoms with E-state index in [2.05, 4.69) is 37.7 Å². The molecule has 1 aromatic rings. The minimum absolute atomic E-state index is 0.147. The van der Waals surface area contributed by atoms with Crippen molar-refractivity contribution in [3.63, 3.8) is 0 Å². The summed E-state index contributed by atoms with van der Waals surface area (Å²) in [6, 6.07) is 0. The van der Waals surface area contributed by atoms with Gasteiger partial charge in [-0.25, -0.2) is 4.98 Å². The molecule has 1 N–H and O–H groups in total. The van der Waals surface area contributed by atoms with E-state index >= 15 is 0 Å². The fourth-order valence-corrected chi connectivity index (χ4v) is 0.956. The molecule has 1 heterocycles. The lowest BCUT2D eigenvalue weighted by Crippen LogP contribution is -1.90. The van der Waals surface area contributed by atoms with Crippen LogP contribution in [-0.2, 0) is 0 Å². The van der Waals surface area contributed by atoms with Crippen LogP contribution in [0.3, 0.4) is 0 Å². The van der Waals surface area contributed by atoms with E-state index in [1.165, 1.54) is 0 Å². The number of alkyl halides is 1. The van der Waals surface area contributed by atoms with Crippen molar-refractivity contribution >= 4 is 21.7 Å². The smallest absolute Gasteiger partial charge is 0.356 e. The second-order valence-corrected chi connectivity index (χ2v) is 2.77. The zero-order chi connectivity index (χ0) is 9.84. The molecule has 0 amide bonds. The summed E-state index contributed by atoms with van der Waals surface area (Å²) in [6.45, 7) is 1.65. The van der Waals surface area contributed by atoms with Gasteiger partial charge in [0.2, 0.25) is 5.69 Å². The summed E-state index contributed by atoms with van der Waals surface area (Å²) in [4.78, 5) is 16.3. The molecule has 1 rings (SSSR count). The molecule has 1 aromatic heterocycles. The summed E-state index contributed by atoms with van der Waals surface area (Å²) < 4.78 is 0. The molecule has 0 aromatic carbocycles. The Morgan fingerprint density at radius 3 is 3.00 bits per heavy atom. The summed E-state index contributed by atoms with van der Waals surface area (Å²) in [6.07, 6.45) is 0. The second kappa shape index (κ2) is 4.05. The predicted molar refractivity (Wildman–Crippen MR) is 50.7 cm³/mol. The molecule has 0 spiro atoms. The van der Waals surface area contributed by atoms with E-state index < -0.39 is 4.92 Å². The van der Waals surface area contributed by atoms with E-state index in [0.717, 1.165) is 0 Å². The van der Waals surface area contributed by atoms with Crippen LogP contribution in [0.5, 0.6) is 0 Å². The van der Waals surface area contributed by atoms with Crippen molar-refractivity contribution in [1.29, 1.82) is 0 Å². The molecule has 0 saturated carbocycles. The maximum Gasteiger partial charge on any atom is 0.356 e. The van der Waals surface area contributed by atoms with Crippen molar-refractivity contribution < 1.29 is 4.92 Å². The molecule has 0 aliphatic heterocycles. The number of aromatic nitrogens is 2. The summed E-state index contributed by atoms with van der Waals surface area (Å²) in [5.41, 5.74) is 0.182. The highest BCUT2D eigenvalue weighted by Crippen LogP contribution is 2.12. The highest BCUT2D eigenvalue weighted by atomic mass is 79.9. The van der Waals surface area contributed by atoms with Crippen molar-refractivity contribution in [2.24, 2.45) is 0 Å². The molecular weight excluding hydrogens is 238 g/mol. The third kappa shape index (κ3) is 2.29. The minimum Gasteiger partial charge on any atom is -0.358 e. The second-order valence-electron chi connectivity index (χ2n) is 2.21. The first-order chi connectivity index (χ1) is 6.15. The maximum absolute atomic E-state index is 10.5. The maximum atomic E-state index is 10.5. The summed E-state index contributed by atoms with van der Waals surface area (Å²) in [5, 5.41) is 10.9. The van der Waals surface area contributed by atoms with Gasteiger partial charge in [-0.05, 0) is 10.8 Å². The average molecular weight is 244 g/mol. The Kier molecular flexibility index (Phi) is 3.03. The molecule has 0 saturated heterocycles. The lowest BCUT2D eigenvalue weighted by Gasteiger charge is -1.87. The lowest BCUT2D eigenvalue weighted by atomic mass is 10.4. The summed E-state index contributed by atoms with van der Waals surface area (Å²) >= 11 is 3.09. The number of nitrogens with one attached hydrogen (secondary N) is 1. The molecule has 0 aliphatic rings. The van der Waals surface area contributed by atoms with Gasteiger partial charge in [-0.3, -0.25) is 0 Å². The normalized spacial score (nSPS) is 9.08. The van der Waals surface area contributed by atoms with Gasteiger partial charge in [0.05, 0.1) is 5.33 Å². The van der Waals surface area contributed by atoms with Crippen LogP contribution in [0.15, 0.2) is 0 Å². The molecule has 0 unspecified atom stereocenters. The molecule has 6 heteroatoms.